The normalized spacial score (nSPS) is 23.6. The van der Waals surface area contributed by atoms with E-state index in [2.05, 4.69) is 0 Å². The summed E-state index contributed by atoms with van der Waals surface area (Å²) in [6.07, 6.45) is -4.36. The third-order valence-corrected chi connectivity index (χ3v) is 5.03. The van der Waals surface area contributed by atoms with Gasteiger partial charge in [0.05, 0.1) is 17.7 Å². The Labute approximate surface area is 146 Å². The van der Waals surface area contributed by atoms with Gasteiger partial charge in [0.15, 0.2) is 0 Å². The Balaban J connectivity index is 1.53. The van der Waals surface area contributed by atoms with Gasteiger partial charge in [-0.05, 0) is 45.3 Å². The maximum absolute atomic E-state index is 12.3. The van der Waals surface area contributed by atoms with Crippen LogP contribution in [0.25, 0.3) is 0 Å². The zero-order valence-corrected chi connectivity index (χ0v) is 14.9. The molecule has 1 aromatic rings. The molecule has 25 heavy (non-hydrogen) atoms. The molecule has 0 N–H and O–H groups in total. The largest absolute Gasteiger partial charge is 0.494 e. The standard InChI is InChI=1S/C17H23BF3NO3/c1-15(2)16(3,4)25-18(24-15)12-5-7-13(8-6-12)23-14-9-22(10-14)11-17(19,20)21/h5-8,14H,9-11H2,1-4H3. The molecule has 4 nitrogen and oxygen atoms in total. The van der Waals surface area contributed by atoms with Crippen LogP contribution >= 0.6 is 0 Å². The summed E-state index contributed by atoms with van der Waals surface area (Å²) in [4.78, 5) is 1.32. The summed E-state index contributed by atoms with van der Waals surface area (Å²) in [5.74, 6) is 0.636. The Bertz CT molecular complexity index is 597. The lowest BCUT2D eigenvalue weighted by atomic mass is 9.79. The predicted octanol–water partition coefficient (Wildman–Crippen LogP) is 2.61. The van der Waals surface area contributed by atoms with E-state index in [4.69, 9.17) is 14.0 Å². The van der Waals surface area contributed by atoms with Crippen molar-refractivity contribution in [1.82, 2.24) is 4.90 Å². The van der Waals surface area contributed by atoms with Gasteiger partial charge in [0.2, 0.25) is 0 Å². The van der Waals surface area contributed by atoms with Gasteiger partial charge in [-0.3, -0.25) is 4.90 Å². The molecule has 3 rings (SSSR count). The molecule has 0 unspecified atom stereocenters. The first-order chi connectivity index (χ1) is 11.5. The minimum absolute atomic E-state index is 0.204. The minimum Gasteiger partial charge on any atom is -0.488 e. The number of hydrogen-bond acceptors (Lipinski definition) is 4. The van der Waals surface area contributed by atoms with Crippen LogP contribution in [0.4, 0.5) is 13.2 Å². The Morgan fingerprint density at radius 3 is 2.08 bits per heavy atom. The molecule has 0 aliphatic carbocycles. The van der Waals surface area contributed by atoms with Crippen LogP contribution in [0.2, 0.25) is 0 Å². The number of benzene rings is 1. The summed E-state index contributed by atoms with van der Waals surface area (Å²) >= 11 is 0. The molecule has 0 bridgehead atoms. The Kier molecular flexibility index (Phi) is 4.58. The second-order valence-corrected chi connectivity index (χ2v) is 7.71. The molecule has 0 radical (unpaired) electrons. The third kappa shape index (κ3) is 4.12. The Morgan fingerprint density at radius 1 is 1.08 bits per heavy atom. The molecular formula is C17H23BF3NO3. The first-order valence-corrected chi connectivity index (χ1v) is 8.37. The fourth-order valence-corrected chi connectivity index (χ4v) is 2.85. The van der Waals surface area contributed by atoms with Gasteiger partial charge in [-0.15, -0.1) is 0 Å². The van der Waals surface area contributed by atoms with Gasteiger partial charge in [-0.2, -0.15) is 13.2 Å². The van der Waals surface area contributed by atoms with E-state index in [1.807, 2.05) is 39.8 Å². The van der Waals surface area contributed by atoms with E-state index >= 15 is 0 Å². The lowest BCUT2D eigenvalue weighted by molar-refractivity contribution is -0.162. The van der Waals surface area contributed by atoms with Crippen molar-refractivity contribution in [3.05, 3.63) is 24.3 Å². The van der Waals surface area contributed by atoms with Crippen molar-refractivity contribution in [3.63, 3.8) is 0 Å². The van der Waals surface area contributed by atoms with Gasteiger partial charge in [0, 0.05) is 13.1 Å². The molecule has 0 amide bonds. The Morgan fingerprint density at radius 2 is 1.60 bits per heavy atom. The van der Waals surface area contributed by atoms with Crippen molar-refractivity contribution in [3.8, 4) is 5.75 Å². The first kappa shape index (κ1) is 18.5. The molecule has 2 aliphatic heterocycles. The van der Waals surface area contributed by atoms with Gasteiger partial charge < -0.3 is 14.0 Å². The van der Waals surface area contributed by atoms with Crippen LogP contribution in [0.15, 0.2) is 24.3 Å². The summed E-state index contributed by atoms with van der Waals surface area (Å²) in [5.41, 5.74) is 0.0832. The number of likely N-dealkylation sites (tertiary alicyclic amines) is 1. The molecule has 2 fully saturated rings. The van der Waals surface area contributed by atoms with Crippen LogP contribution in [0.5, 0.6) is 5.75 Å². The van der Waals surface area contributed by atoms with Gasteiger partial charge in [0.25, 0.3) is 0 Å². The third-order valence-electron chi connectivity index (χ3n) is 5.03. The maximum atomic E-state index is 12.3. The monoisotopic (exact) mass is 357 g/mol. The maximum Gasteiger partial charge on any atom is 0.494 e. The first-order valence-electron chi connectivity index (χ1n) is 8.37. The Hall–Kier alpha value is -1.25. The van der Waals surface area contributed by atoms with Gasteiger partial charge in [-0.25, -0.2) is 0 Å². The molecule has 0 saturated carbocycles. The minimum atomic E-state index is -4.16. The zero-order valence-electron chi connectivity index (χ0n) is 14.9. The van der Waals surface area contributed by atoms with Crippen LogP contribution in [0.3, 0.4) is 0 Å². The van der Waals surface area contributed by atoms with Crippen LogP contribution < -0.4 is 10.2 Å². The summed E-state index contributed by atoms with van der Waals surface area (Å²) in [6, 6.07) is 7.33. The molecule has 1 aromatic carbocycles. The fourth-order valence-electron chi connectivity index (χ4n) is 2.85. The topological polar surface area (TPSA) is 30.9 Å². The van der Waals surface area contributed by atoms with Crippen molar-refractivity contribution in [1.29, 1.82) is 0 Å². The van der Waals surface area contributed by atoms with E-state index in [-0.39, 0.29) is 6.10 Å². The lowest BCUT2D eigenvalue weighted by Crippen LogP contribution is -2.56. The van der Waals surface area contributed by atoms with E-state index < -0.39 is 31.0 Å². The van der Waals surface area contributed by atoms with Gasteiger partial charge in [-0.1, -0.05) is 12.1 Å². The van der Waals surface area contributed by atoms with Crippen LogP contribution in [0, 0.1) is 0 Å². The van der Waals surface area contributed by atoms with Gasteiger partial charge in [0.1, 0.15) is 11.9 Å². The van der Waals surface area contributed by atoms with E-state index in [1.165, 1.54) is 4.90 Å². The number of halogens is 3. The second-order valence-electron chi connectivity index (χ2n) is 7.71. The van der Waals surface area contributed by atoms with Crippen molar-refractivity contribution in [2.45, 2.75) is 51.2 Å². The highest BCUT2D eigenvalue weighted by molar-refractivity contribution is 6.62. The average Bonchev–Trinajstić information content (AvgIpc) is 2.64. The molecule has 138 valence electrons. The molecule has 2 saturated heterocycles. The SMILES string of the molecule is CC1(C)OB(c2ccc(OC3CN(CC(F)(F)F)C3)cc2)OC1(C)C. The second kappa shape index (κ2) is 6.18. The van der Waals surface area contributed by atoms with Crippen molar-refractivity contribution in [2.75, 3.05) is 19.6 Å². The number of alkyl halides is 3. The molecular weight excluding hydrogens is 334 g/mol. The molecule has 2 heterocycles. The number of hydrogen-bond donors (Lipinski definition) is 0. The smallest absolute Gasteiger partial charge is 0.488 e. The number of nitrogens with zero attached hydrogens (tertiary/aromatic N) is 1. The summed E-state index contributed by atoms with van der Waals surface area (Å²) in [7, 11) is -0.440. The van der Waals surface area contributed by atoms with E-state index in [0.717, 1.165) is 5.46 Å². The van der Waals surface area contributed by atoms with Crippen molar-refractivity contribution in [2.24, 2.45) is 0 Å². The molecule has 0 atom stereocenters. The van der Waals surface area contributed by atoms with Crippen molar-refractivity contribution < 1.29 is 27.2 Å². The van der Waals surface area contributed by atoms with E-state index in [1.54, 1.807) is 12.1 Å². The fraction of sp³-hybridized carbons (Fsp3) is 0.647. The van der Waals surface area contributed by atoms with Crippen LogP contribution in [-0.4, -0.2) is 55.1 Å². The molecule has 0 aromatic heterocycles. The average molecular weight is 357 g/mol. The van der Waals surface area contributed by atoms with Crippen LogP contribution in [0.1, 0.15) is 27.7 Å². The lowest BCUT2D eigenvalue weighted by Gasteiger charge is -2.39. The van der Waals surface area contributed by atoms with Crippen LogP contribution in [-0.2, 0) is 9.31 Å². The summed E-state index contributed by atoms with van der Waals surface area (Å²) in [5, 5.41) is 0. The highest BCUT2D eigenvalue weighted by Crippen LogP contribution is 2.36. The molecule has 8 heteroatoms. The summed E-state index contributed by atoms with van der Waals surface area (Å²) in [6.45, 7) is 7.67. The van der Waals surface area contributed by atoms with E-state index in [0.29, 0.717) is 18.8 Å². The number of ether oxygens (including phenoxy) is 1. The summed E-state index contributed by atoms with van der Waals surface area (Å²) < 4.78 is 54.5. The van der Waals surface area contributed by atoms with Gasteiger partial charge >= 0.3 is 13.3 Å². The quantitative estimate of drug-likeness (QED) is 0.776. The highest BCUT2D eigenvalue weighted by atomic mass is 19.4. The number of rotatable bonds is 4. The molecule has 2 aliphatic rings. The van der Waals surface area contributed by atoms with E-state index in [9.17, 15) is 13.2 Å². The van der Waals surface area contributed by atoms with Crippen molar-refractivity contribution >= 4 is 12.6 Å². The highest BCUT2D eigenvalue weighted by Gasteiger charge is 2.51. The zero-order chi connectivity index (χ0) is 18.5. The predicted molar refractivity (Wildman–Crippen MR) is 89.1 cm³/mol. The molecule has 0 spiro atoms.